The van der Waals surface area contributed by atoms with Gasteiger partial charge in [0.15, 0.2) is 12.5 Å². The van der Waals surface area contributed by atoms with Crippen molar-refractivity contribution in [3.8, 4) is 12.3 Å². The number of carbonyl (C=O) groups is 1. The van der Waals surface area contributed by atoms with E-state index in [0.29, 0.717) is 4.57 Å². The summed E-state index contributed by atoms with van der Waals surface area (Å²) in [5.74, 6) is 1.34. The van der Waals surface area contributed by atoms with Crippen molar-refractivity contribution in [2.45, 2.75) is 68.0 Å². The number of aromatic nitrogens is 2. The number of hydrogen-bond donors (Lipinski definition) is 7. The summed E-state index contributed by atoms with van der Waals surface area (Å²) in [7, 11) is -11.9. The molecule has 44 heavy (non-hydrogen) atoms. The minimum Gasteiger partial charge on any atom is -0.756 e. The van der Waals surface area contributed by atoms with Gasteiger partial charge in [-0.15, -0.1) is 12.3 Å². The molecular weight excluding hydrogens is 662 g/mol. The molecular formula is C20H27N3Na2O17P2. The Kier molecular flexibility index (Phi) is 16.8. The Morgan fingerprint density at radius 2 is 1.70 bits per heavy atom. The van der Waals surface area contributed by atoms with E-state index in [1.807, 2.05) is 4.98 Å². The maximum atomic E-state index is 12.4. The number of aliphatic hydroxyl groups excluding tert-OH is 5. The second kappa shape index (κ2) is 17.7. The average Bonchev–Trinajstić information content (AvgIpc) is 3.18. The van der Waals surface area contributed by atoms with E-state index >= 15 is 0 Å². The van der Waals surface area contributed by atoms with Gasteiger partial charge in [0.25, 0.3) is 21.2 Å². The molecule has 24 heteroatoms. The van der Waals surface area contributed by atoms with E-state index in [2.05, 4.69) is 24.6 Å². The molecule has 0 bridgehead atoms. The number of ether oxygens (including phenoxy) is 2. The molecule has 3 heterocycles. The molecule has 236 valence electrons. The van der Waals surface area contributed by atoms with Crippen molar-refractivity contribution in [2.75, 3.05) is 13.2 Å². The molecule has 20 nitrogen and oxygen atoms in total. The Morgan fingerprint density at radius 1 is 1.07 bits per heavy atom. The second-order valence-corrected chi connectivity index (χ2v) is 11.9. The summed E-state index contributed by atoms with van der Waals surface area (Å²) in [5.41, 5.74) is -1.80. The Hall–Kier alpha value is -0.310. The molecule has 2 fully saturated rings. The standard InChI is InChI=1S/C20H29N3O17P2.2Na/c1-2-3-4-11(25)21-13-16(29)14(27)9(7-24)38-19(13)39-42(34,35)40-41(32,33)36-8-10-15(28)17(30)18(37-10)23-6-5-12(26)22-20(23)31;;/h1,5-6,9-10,13-19,24,27-30H,3-4,7-8H2,(H,21,25)(H,32,33)(H,34,35)(H,22,26,31);;/q;2*+1/p-2/t9-,10-,13-,14+,15-,16-,17-,18-,19-;;/m1../s1. The summed E-state index contributed by atoms with van der Waals surface area (Å²) in [6.07, 6.45) is -8.93. The van der Waals surface area contributed by atoms with Crippen molar-refractivity contribution < 1.29 is 131 Å². The number of nitrogens with zero attached hydrogens (tertiary/aromatic N) is 1. The fourth-order valence-electron chi connectivity index (χ4n) is 3.95. The molecule has 0 spiro atoms. The third-order valence-corrected chi connectivity index (χ3v) is 8.53. The van der Waals surface area contributed by atoms with Crippen LogP contribution in [0.15, 0.2) is 21.9 Å². The van der Waals surface area contributed by atoms with Gasteiger partial charge < -0.3 is 54.6 Å². The van der Waals surface area contributed by atoms with Gasteiger partial charge in [-0.1, -0.05) is 0 Å². The van der Waals surface area contributed by atoms with Crippen LogP contribution < -0.4 is 85.5 Å². The van der Waals surface area contributed by atoms with E-state index in [-0.39, 0.29) is 72.0 Å². The van der Waals surface area contributed by atoms with E-state index in [1.165, 1.54) is 0 Å². The quantitative estimate of drug-likeness (QED) is 0.0609. The smallest absolute Gasteiger partial charge is 0.756 e. The summed E-state index contributed by atoms with van der Waals surface area (Å²) >= 11 is 0. The molecule has 0 saturated carbocycles. The minimum atomic E-state index is -5.99. The van der Waals surface area contributed by atoms with Gasteiger partial charge in [0.2, 0.25) is 5.91 Å². The van der Waals surface area contributed by atoms with Crippen LogP contribution in [-0.2, 0) is 36.8 Å². The Morgan fingerprint density at radius 3 is 2.30 bits per heavy atom. The van der Waals surface area contributed by atoms with Gasteiger partial charge in [-0.05, 0) is 0 Å². The van der Waals surface area contributed by atoms with Crippen LogP contribution >= 0.6 is 15.6 Å². The Labute approximate surface area is 292 Å². The predicted molar refractivity (Wildman–Crippen MR) is 128 cm³/mol. The maximum absolute atomic E-state index is 12.4. The monoisotopic (exact) mass is 689 g/mol. The molecule has 0 aliphatic carbocycles. The molecule has 0 radical (unpaired) electrons. The van der Waals surface area contributed by atoms with Crippen LogP contribution in [0.2, 0.25) is 0 Å². The minimum absolute atomic E-state index is 0. The van der Waals surface area contributed by atoms with E-state index in [1.54, 1.807) is 0 Å². The van der Waals surface area contributed by atoms with Crippen molar-refractivity contribution in [1.29, 1.82) is 0 Å². The predicted octanol–water partition coefficient (Wildman–Crippen LogP) is -11.5. The zero-order chi connectivity index (χ0) is 31.4. The number of hydrogen-bond acceptors (Lipinski definition) is 17. The first-order valence-electron chi connectivity index (χ1n) is 11.9. The zero-order valence-corrected chi connectivity index (χ0v) is 29.0. The van der Waals surface area contributed by atoms with E-state index in [9.17, 15) is 58.8 Å². The zero-order valence-electron chi connectivity index (χ0n) is 23.2. The second-order valence-electron chi connectivity index (χ2n) is 8.95. The number of terminal acetylenes is 1. The molecule has 11 atom stereocenters. The van der Waals surface area contributed by atoms with Crippen LogP contribution in [0.4, 0.5) is 0 Å². The fourth-order valence-corrected chi connectivity index (χ4v) is 6.04. The summed E-state index contributed by atoms with van der Waals surface area (Å²) < 4.78 is 48.7. The number of aromatic amines is 1. The molecule has 7 N–H and O–H groups in total. The number of phosphoric acid groups is 2. The third kappa shape index (κ3) is 10.9. The van der Waals surface area contributed by atoms with Crippen LogP contribution in [0.5, 0.6) is 0 Å². The topological polar surface area (TPSA) is 312 Å². The molecule has 3 rings (SSSR count). The SMILES string of the molecule is C#CCCC(=O)N[C@H]1[C@@H](OP(=O)([O-])OP(=O)([O-])OC[C@H]2O[C@@H](n3ccc(=O)[nH]c3=O)[C@H](O)[C@@H]2O)O[C@H](CO)[C@H](O)[C@@H]1O.[Na+].[Na+]. The number of H-pyrrole nitrogens is 1. The number of rotatable bonds is 12. The fraction of sp³-hybridized carbons (Fsp3) is 0.650. The molecule has 1 aromatic heterocycles. The van der Waals surface area contributed by atoms with Gasteiger partial charge in [-0.25, -0.2) is 9.11 Å². The first-order valence-corrected chi connectivity index (χ1v) is 14.9. The van der Waals surface area contributed by atoms with Crippen molar-refractivity contribution in [1.82, 2.24) is 14.9 Å². The number of phosphoric ester groups is 2. The van der Waals surface area contributed by atoms with Gasteiger partial charge in [0.05, 0.1) is 13.2 Å². The van der Waals surface area contributed by atoms with Crippen LogP contribution in [0.1, 0.15) is 19.1 Å². The van der Waals surface area contributed by atoms with E-state index < -0.39 is 101 Å². The summed E-state index contributed by atoms with van der Waals surface area (Å²) in [6, 6.07) is -0.909. The van der Waals surface area contributed by atoms with Crippen LogP contribution in [0.3, 0.4) is 0 Å². The average molecular weight is 689 g/mol. The van der Waals surface area contributed by atoms with Gasteiger partial charge >= 0.3 is 64.8 Å². The maximum Gasteiger partial charge on any atom is 1.00 e. The molecule has 2 aliphatic rings. The number of nitrogens with one attached hydrogen (secondary N) is 2. The van der Waals surface area contributed by atoms with Crippen LogP contribution in [-0.4, -0.2) is 103 Å². The van der Waals surface area contributed by atoms with E-state index in [0.717, 1.165) is 12.3 Å². The Balaban J connectivity index is 0.00000484. The summed E-state index contributed by atoms with van der Waals surface area (Å²) in [5, 5.41) is 52.3. The van der Waals surface area contributed by atoms with Gasteiger partial charge in [0.1, 0.15) is 42.7 Å². The van der Waals surface area contributed by atoms with Gasteiger partial charge in [0, 0.05) is 25.1 Å². The Bertz CT molecular complexity index is 1370. The number of aliphatic hydroxyl groups is 5. The normalized spacial score (nSPS) is 32.6. The van der Waals surface area contributed by atoms with Crippen LogP contribution in [0.25, 0.3) is 0 Å². The molecule has 1 aromatic rings. The number of carbonyl (C=O) groups excluding carboxylic acids is 1. The van der Waals surface area contributed by atoms with E-state index in [4.69, 9.17) is 15.9 Å². The first kappa shape index (κ1) is 41.7. The van der Waals surface area contributed by atoms with Gasteiger partial charge in [-0.2, -0.15) is 0 Å². The molecule has 2 aliphatic heterocycles. The van der Waals surface area contributed by atoms with Gasteiger partial charge in [-0.3, -0.25) is 32.8 Å². The summed E-state index contributed by atoms with van der Waals surface area (Å²) in [4.78, 5) is 61.9. The molecule has 2 unspecified atom stereocenters. The van der Waals surface area contributed by atoms with Crippen LogP contribution in [0, 0.1) is 12.3 Å². The van der Waals surface area contributed by atoms with Crippen molar-refractivity contribution in [3.63, 3.8) is 0 Å². The van der Waals surface area contributed by atoms with Crippen molar-refractivity contribution >= 4 is 21.6 Å². The molecule has 2 saturated heterocycles. The summed E-state index contributed by atoms with van der Waals surface area (Å²) in [6.45, 7) is -2.09. The first-order chi connectivity index (χ1) is 19.6. The third-order valence-electron chi connectivity index (χ3n) is 6.00. The van der Waals surface area contributed by atoms with Crippen molar-refractivity contribution in [3.05, 3.63) is 33.1 Å². The molecule has 0 aromatic carbocycles. The number of amides is 1. The molecule has 1 amide bonds. The van der Waals surface area contributed by atoms with Crippen molar-refractivity contribution in [2.24, 2.45) is 0 Å². The largest absolute Gasteiger partial charge is 1.00 e.